The van der Waals surface area contributed by atoms with Crippen LogP contribution in [0.1, 0.15) is 16.7 Å². The third-order valence-electron chi connectivity index (χ3n) is 5.90. The van der Waals surface area contributed by atoms with Crippen LogP contribution in [-0.4, -0.2) is 43.7 Å². The molecule has 0 radical (unpaired) electrons. The van der Waals surface area contributed by atoms with E-state index in [1.165, 1.54) is 7.11 Å². The zero-order valence-electron chi connectivity index (χ0n) is 17.7. The molecule has 11 heteroatoms. The minimum atomic E-state index is -4.10. The Hall–Kier alpha value is -3.73. The van der Waals surface area contributed by atoms with Gasteiger partial charge in [0.2, 0.25) is 0 Å². The van der Waals surface area contributed by atoms with Gasteiger partial charge in [0.1, 0.15) is 22.6 Å². The first kappa shape index (κ1) is 19.9. The Labute approximate surface area is 189 Å². The Kier molecular flexibility index (Phi) is 4.47. The summed E-state index contributed by atoms with van der Waals surface area (Å²) in [5.41, 5.74) is 3.22. The van der Waals surface area contributed by atoms with Crippen LogP contribution in [0.5, 0.6) is 17.2 Å². The molecule has 33 heavy (non-hydrogen) atoms. The second-order valence-corrected chi connectivity index (χ2v) is 9.46. The van der Waals surface area contributed by atoms with Crippen molar-refractivity contribution in [1.82, 2.24) is 14.9 Å². The zero-order chi connectivity index (χ0) is 22.6. The quantitative estimate of drug-likeness (QED) is 0.459. The predicted octanol–water partition coefficient (Wildman–Crippen LogP) is 2.75. The molecule has 170 valence electrons. The molecule has 1 N–H and O–H groups in total. The van der Waals surface area contributed by atoms with Crippen LogP contribution >= 0.6 is 0 Å². The first-order valence-corrected chi connectivity index (χ1v) is 11.9. The number of hydrogen-bond donors (Lipinski definition) is 1. The zero-order valence-corrected chi connectivity index (χ0v) is 18.5. The summed E-state index contributed by atoms with van der Waals surface area (Å²) < 4.78 is 53.7. The van der Waals surface area contributed by atoms with Gasteiger partial charge in [-0.3, -0.25) is 9.40 Å². The van der Waals surface area contributed by atoms with Gasteiger partial charge in [0.05, 0.1) is 26.9 Å². The maximum absolute atomic E-state index is 13.5. The molecule has 0 atom stereocenters. The Bertz CT molecular complexity index is 1480. The molecule has 0 bridgehead atoms. The molecule has 0 amide bonds. The molecule has 0 spiro atoms. The van der Waals surface area contributed by atoms with E-state index in [0.29, 0.717) is 55.1 Å². The summed E-state index contributed by atoms with van der Waals surface area (Å²) in [6.45, 7) is 1.45. The van der Waals surface area contributed by atoms with Crippen molar-refractivity contribution < 1.29 is 27.2 Å². The van der Waals surface area contributed by atoms with E-state index < -0.39 is 10.0 Å². The van der Waals surface area contributed by atoms with Crippen LogP contribution in [0.15, 0.2) is 46.1 Å². The normalized spacial score (nSPS) is 14.6. The summed E-state index contributed by atoms with van der Waals surface area (Å²) >= 11 is 0. The highest BCUT2D eigenvalue weighted by Gasteiger charge is 2.33. The molecule has 0 unspecified atom stereocenters. The standard InChI is InChI=1S/C22H20N4O6S/c1-29-16-4-3-13-5-9-30-19(13)21(16)33(27,28)25-22-18-17(32-24-22)11-14(12-26-8-2-7-23-26)15-6-10-31-20(15)18/h2-4,7-8,11H,5-6,9-10,12H2,1H3,(H,24,25). The minimum Gasteiger partial charge on any atom is -0.495 e. The number of ether oxygens (including phenoxy) is 3. The second kappa shape index (κ2) is 7.41. The summed E-state index contributed by atoms with van der Waals surface area (Å²) in [5.74, 6) is 1.14. The van der Waals surface area contributed by atoms with E-state index in [1.807, 2.05) is 29.1 Å². The lowest BCUT2D eigenvalue weighted by Gasteiger charge is -2.14. The number of nitrogens with zero attached hydrogens (tertiary/aromatic N) is 3. The monoisotopic (exact) mass is 468 g/mol. The highest BCUT2D eigenvalue weighted by molar-refractivity contribution is 7.93. The van der Waals surface area contributed by atoms with Gasteiger partial charge in [0.25, 0.3) is 10.0 Å². The van der Waals surface area contributed by atoms with E-state index in [2.05, 4.69) is 15.0 Å². The topological polar surface area (TPSA) is 118 Å². The SMILES string of the molecule is COc1ccc2c(c1S(=O)(=O)Nc1noc3cc(Cn4cccn4)c4c(c13)OCC4)OCC2. The van der Waals surface area contributed by atoms with Crippen molar-refractivity contribution in [3.63, 3.8) is 0 Å². The van der Waals surface area contributed by atoms with Crippen LogP contribution in [0.2, 0.25) is 0 Å². The van der Waals surface area contributed by atoms with Gasteiger partial charge in [-0.05, 0) is 29.3 Å². The first-order chi connectivity index (χ1) is 16.0. The maximum Gasteiger partial charge on any atom is 0.270 e. The molecule has 6 rings (SSSR count). The number of anilines is 1. The number of hydrogen-bond acceptors (Lipinski definition) is 8. The average Bonchev–Trinajstić information content (AvgIpc) is 3.59. The van der Waals surface area contributed by atoms with E-state index in [9.17, 15) is 8.42 Å². The van der Waals surface area contributed by atoms with E-state index in [0.717, 1.165) is 16.7 Å². The highest BCUT2D eigenvalue weighted by atomic mass is 32.2. The lowest BCUT2D eigenvalue weighted by atomic mass is 10.0. The van der Waals surface area contributed by atoms with Gasteiger partial charge in [-0.2, -0.15) is 5.10 Å². The molecule has 4 heterocycles. The number of sulfonamides is 1. The van der Waals surface area contributed by atoms with Crippen LogP contribution in [0.25, 0.3) is 11.0 Å². The molecular weight excluding hydrogens is 448 g/mol. The van der Waals surface area contributed by atoms with Gasteiger partial charge in [0.15, 0.2) is 16.3 Å². The maximum atomic E-state index is 13.5. The number of rotatable bonds is 6. The van der Waals surface area contributed by atoms with Crippen LogP contribution in [-0.2, 0) is 29.4 Å². The highest BCUT2D eigenvalue weighted by Crippen LogP contribution is 2.44. The number of methoxy groups -OCH3 is 1. The van der Waals surface area contributed by atoms with E-state index in [1.54, 1.807) is 12.3 Å². The molecule has 4 aromatic rings. The molecule has 0 saturated carbocycles. The number of fused-ring (bicyclic) bond motifs is 4. The summed E-state index contributed by atoms with van der Waals surface area (Å²) in [7, 11) is -2.68. The van der Waals surface area contributed by atoms with Gasteiger partial charge < -0.3 is 18.7 Å². The average molecular weight is 468 g/mol. The van der Waals surface area contributed by atoms with Crippen LogP contribution in [0.3, 0.4) is 0 Å². The van der Waals surface area contributed by atoms with Crippen LogP contribution in [0.4, 0.5) is 5.82 Å². The number of benzene rings is 2. The fourth-order valence-corrected chi connectivity index (χ4v) is 5.77. The minimum absolute atomic E-state index is 0.0518. The molecule has 10 nitrogen and oxygen atoms in total. The van der Waals surface area contributed by atoms with Gasteiger partial charge in [-0.15, -0.1) is 0 Å². The van der Waals surface area contributed by atoms with Crippen LogP contribution in [0, 0.1) is 0 Å². The number of aromatic nitrogens is 3. The molecule has 2 aliphatic heterocycles. The Balaban J connectivity index is 1.44. The molecule has 2 aromatic carbocycles. The fraction of sp³-hybridized carbons (Fsp3) is 0.273. The molecule has 0 aliphatic carbocycles. The van der Waals surface area contributed by atoms with Gasteiger partial charge in [-0.25, -0.2) is 8.42 Å². The Morgan fingerprint density at radius 1 is 1.18 bits per heavy atom. The third kappa shape index (κ3) is 3.18. The lowest BCUT2D eigenvalue weighted by Crippen LogP contribution is -2.15. The predicted molar refractivity (Wildman–Crippen MR) is 118 cm³/mol. The van der Waals surface area contributed by atoms with E-state index in [4.69, 9.17) is 18.7 Å². The van der Waals surface area contributed by atoms with Crippen molar-refractivity contribution >= 4 is 26.8 Å². The first-order valence-electron chi connectivity index (χ1n) is 10.4. The Morgan fingerprint density at radius 2 is 2.03 bits per heavy atom. The van der Waals surface area contributed by atoms with Crippen LogP contribution < -0.4 is 18.9 Å². The van der Waals surface area contributed by atoms with Crippen molar-refractivity contribution in [3.05, 3.63) is 53.3 Å². The fourth-order valence-electron chi connectivity index (χ4n) is 4.43. The van der Waals surface area contributed by atoms with Crippen molar-refractivity contribution in [1.29, 1.82) is 0 Å². The summed E-state index contributed by atoms with van der Waals surface area (Å²) in [6.07, 6.45) is 4.93. The van der Waals surface area contributed by atoms with Gasteiger partial charge in [0, 0.05) is 30.8 Å². The largest absolute Gasteiger partial charge is 0.495 e. The number of nitrogens with one attached hydrogen (secondary N) is 1. The second-order valence-electron chi connectivity index (χ2n) is 7.84. The van der Waals surface area contributed by atoms with Crippen molar-refractivity contribution in [2.45, 2.75) is 24.3 Å². The van der Waals surface area contributed by atoms with Gasteiger partial charge >= 0.3 is 0 Å². The molecule has 2 aromatic heterocycles. The Morgan fingerprint density at radius 3 is 2.85 bits per heavy atom. The lowest BCUT2D eigenvalue weighted by molar-refractivity contribution is 0.340. The summed E-state index contributed by atoms with van der Waals surface area (Å²) in [6, 6.07) is 7.16. The van der Waals surface area contributed by atoms with Crippen molar-refractivity contribution in [2.75, 3.05) is 25.0 Å². The smallest absolute Gasteiger partial charge is 0.270 e. The third-order valence-corrected chi connectivity index (χ3v) is 7.28. The van der Waals surface area contributed by atoms with Crippen molar-refractivity contribution in [2.24, 2.45) is 0 Å². The summed E-state index contributed by atoms with van der Waals surface area (Å²) in [5, 5.41) is 8.77. The molecule has 0 saturated heterocycles. The summed E-state index contributed by atoms with van der Waals surface area (Å²) in [4.78, 5) is -0.0518. The van der Waals surface area contributed by atoms with E-state index in [-0.39, 0.29) is 16.5 Å². The molecule has 2 aliphatic rings. The van der Waals surface area contributed by atoms with Gasteiger partial charge in [-0.1, -0.05) is 11.2 Å². The van der Waals surface area contributed by atoms with E-state index >= 15 is 0 Å². The molecule has 0 fully saturated rings. The molecular formula is C22H20N4O6S. The van der Waals surface area contributed by atoms with Crippen molar-refractivity contribution in [3.8, 4) is 17.2 Å².